The van der Waals surface area contributed by atoms with E-state index in [-0.39, 0.29) is 11.6 Å². The van der Waals surface area contributed by atoms with E-state index in [1.54, 1.807) is 0 Å². The molecule has 0 saturated carbocycles. The summed E-state index contributed by atoms with van der Waals surface area (Å²) >= 11 is 0. The molecule has 2 nitrogen and oxygen atoms in total. The van der Waals surface area contributed by atoms with Crippen molar-refractivity contribution in [1.29, 1.82) is 0 Å². The highest BCUT2D eigenvalue weighted by molar-refractivity contribution is 5.99. The zero-order valence-electron chi connectivity index (χ0n) is 8.72. The van der Waals surface area contributed by atoms with E-state index in [9.17, 15) is 9.59 Å². The van der Waals surface area contributed by atoms with E-state index >= 15 is 0 Å². The molecular formula is C11H18O2. The number of unbranched alkanes of at least 4 members (excludes halogenated alkanes) is 1. The number of hydrogen-bond donors (Lipinski definition) is 0. The maximum absolute atomic E-state index is 11.3. The summed E-state index contributed by atoms with van der Waals surface area (Å²) in [6, 6.07) is 0. The Kier molecular flexibility index (Phi) is 6.11. The number of rotatable bonds is 6. The van der Waals surface area contributed by atoms with E-state index in [4.69, 9.17) is 0 Å². The van der Waals surface area contributed by atoms with Gasteiger partial charge < -0.3 is 0 Å². The van der Waals surface area contributed by atoms with Gasteiger partial charge >= 0.3 is 0 Å². The van der Waals surface area contributed by atoms with Crippen LogP contribution in [0.1, 0.15) is 46.5 Å². The number of Topliss-reactive ketones (excluding diaryl/α,β-unsaturated/α-hetero) is 2. The molecule has 0 saturated heterocycles. The van der Waals surface area contributed by atoms with Crippen LogP contribution in [0.5, 0.6) is 0 Å². The second kappa shape index (κ2) is 6.58. The molecule has 0 spiro atoms. The normalized spacial score (nSPS) is 11.5. The smallest absolute Gasteiger partial charge is 0.158 e. The Bertz CT molecular complexity index is 214. The van der Waals surface area contributed by atoms with E-state index in [2.05, 4.69) is 6.92 Å². The van der Waals surface area contributed by atoms with Crippen LogP contribution < -0.4 is 0 Å². The molecule has 0 rings (SSSR count). The monoisotopic (exact) mass is 182 g/mol. The minimum Gasteiger partial charge on any atom is -0.300 e. The van der Waals surface area contributed by atoms with Crippen LogP contribution in [-0.4, -0.2) is 11.6 Å². The predicted octanol–water partition coefficient (Wildman–Crippen LogP) is 2.67. The Labute approximate surface area is 80.0 Å². The number of carbonyl (C=O) groups is 2. The quantitative estimate of drug-likeness (QED) is 0.592. The molecule has 0 aromatic rings. The highest BCUT2D eigenvalue weighted by Crippen LogP contribution is 2.08. The van der Waals surface area contributed by atoms with Crippen LogP contribution in [-0.2, 0) is 9.59 Å². The molecule has 0 fully saturated rings. The molecule has 0 aliphatic carbocycles. The standard InChI is InChI=1S/C11H18O2/c1-4-6-7-10(8-9(3)12)11(13)5-2/h7H,4-6,8H2,1-3H3/b10-7+. The summed E-state index contributed by atoms with van der Waals surface area (Å²) in [5.41, 5.74) is 0.692. The fourth-order valence-electron chi connectivity index (χ4n) is 1.10. The minimum absolute atomic E-state index is 0.0594. The Morgan fingerprint density at radius 2 is 1.85 bits per heavy atom. The fraction of sp³-hybridized carbons (Fsp3) is 0.636. The second-order valence-corrected chi connectivity index (χ2v) is 3.17. The molecule has 0 bridgehead atoms. The molecule has 0 N–H and O–H groups in total. The molecule has 0 heterocycles. The Morgan fingerprint density at radius 1 is 1.23 bits per heavy atom. The molecule has 0 amide bonds. The largest absolute Gasteiger partial charge is 0.300 e. The topological polar surface area (TPSA) is 34.1 Å². The Morgan fingerprint density at radius 3 is 2.23 bits per heavy atom. The van der Waals surface area contributed by atoms with Crippen LogP contribution >= 0.6 is 0 Å². The molecule has 74 valence electrons. The van der Waals surface area contributed by atoms with Crippen molar-refractivity contribution in [2.24, 2.45) is 0 Å². The first-order valence-corrected chi connectivity index (χ1v) is 4.83. The molecule has 2 heteroatoms. The van der Waals surface area contributed by atoms with Gasteiger partial charge in [-0.2, -0.15) is 0 Å². The van der Waals surface area contributed by atoms with Crippen molar-refractivity contribution in [3.63, 3.8) is 0 Å². The lowest BCUT2D eigenvalue weighted by atomic mass is 10.0. The maximum atomic E-state index is 11.3. The number of allylic oxidation sites excluding steroid dienone is 2. The average Bonchev–Trinajstić information content (AvgIpc) is 2.10. The predicted molar refractivity (Wildman–Crippen MR) is 53.6 cm³/mol. The first-order chi connectivity index (χ1) is 6.11. The maximum Gasteiger partial charge on any atom is 0.158 e. The summed E-state index contributed by atoms with van der Waals surface area (Å²) in [4.78, 5) is 22.2. The van der Waals surface area contributed by atoms with Crippen LogP contribution in [0, 0.1) is 0 Å². The van der Waals surface area contributed by atoms with Gasteiger partial charge in [0.2, 0.25) is 0 Å². The summed E-state index contributed by atoms with van der Waals surface area (Å²) in [6.45, 7) is 5.39. The lowest BCUT2D eigenvalue weighted by molar-refractivity contribution is -0.119. The lowest BCUT2D eigenvalue weighted by Gasteiger charge is -2.01. The van der Waals surface area contributed by atoms with Gasteiger partial charge in [-0.25, -0.2) is 0 Å². The first kappa shape index (κ1) is 12.1. The summed E-state index contributed by atoms with van der Waals surface area (Å²) in [5, 5.41) is 0. The number of ketones is 2. The van der Waals surface area contributed by atoms with Gasteiger partial charge in [0.15, 0.2) is 5.78 Å². The van der Waals surface area contributed by atoms with Crippen molar-refractivity contribution in [1.82, 2.24) is 0 Å². The average molecular weight is 182 g/mol. The SMILES string of the molecule is CCC/C=C(\CC(C)=O)C(=O)CC. The third-order valence-corrected chi connectivity index (χ3v) is 1.80. The van der Waals surface area contributed by atoms with Crippen LogP contribution in [0.4, 0.5) is 0 Å². The van der Waals surface area contributed by atoms with Crippen molar-refractivity contribution in [2.45, 2.75) is 46.5 Å². The number of carbonyl (C=O) groups excluding carboxylic acids is 2. The first-order valence-electron chi connectivity index (χ1n) is 4.83. The van der Waals surface area contributed by atoms with E-state index in [1.165, 1.54) is 6.92 Å². The number of hydrogen-bond acceptors (Lipinski definition) is 2. The Hall–Kier alpha value is -0.920. The van der Waals surface area contributed by atoms with Crippen molar-refractivity contribution >= 4 is 11.6 Å². The fourth-order valence-corrected chi connectivity index (χ4v) is 1.10. The van der Waals surface area contributed by atoms with Gasteiger partial charge in [-0.3, -0.25) is 9.59 Å². The minimum atomic E-state index is 0.0594. The van der Waals surface area contributed by atoms with Crippen LogP contribution in [0.3, 0.4) is 0 Å². The van der Waals surface area contributed by atoms with E-state index < -0.39 is 0 Å². The van der Waals surface area contributed by atoms with Crippen LogP contribution in [0.15, 0.2) is 11.6 Å². The van der Waals surface area contributed by atoms with Crippen molar-refractivity contribution in [2.75, 3.05) is 0 Å². The van der Waals surface area contributed by atoms with Gasteiger partial charge in [-0.1, -0.05) is 26.3 Å². The third kappa shape index (κ3) is 5.34. The van der Waals surface area contributed by atoms with E-state index in [0.29, 0.717) is 18.4 Å². The molecule has 0 aliphatic heterocycles. The molecule has 13 heavy (non-hydrogen) atoms. The van der Waals surface area contributed by atoms with Gasteiger partial charge in [-0.05, 0) is 18.9 Å². The Balaban J connectivity index is 4.35. The highest BCUT2D eigenvalue weighted by atomic mass is 16.1. The van der Waals surface area contributed by atoms with Crippen LogP contribution in [0.2, 0.25) is 0 Å². The summed E-state index contributed by atoms with van der Waals surface area (Å²) in [7, 11) is 0. The zero-order chi connectivity index (χ0) is 10.3. The molecule has 0 aliphatic rings. The van der Waals surface area contributed by atoms with Gasteiger partial charge in [0.05, 0.1) is 0 Å². The lowest BCUT2D eigenvalue weighted by Crippen LogP contribution is -2.05. The van der Waals surface area contributed by atoms with Crippen molar-refractivity contribution < 1.29 is 9.59 Å². The molecule has 0 unspecified atom stereocenters. The molecule has 0 radical (unpaired) electrons. The molecule has 0 aromatic carbocycles. The van der Waals surface area contributed by atoms with E-state index in [1.807, 2.05) is 13.0 Å². The second-order valence-electron chi connectivity index (χ2n) is 3.17. The summed E-state index contributed by atoms with van der Waals surface area (Å²) in [6.07, 6.45) is 4.58. The van der Waals surface area contributed by atoms with E-state index in [0.717, 1.165) is 12.8 Å². The zero-order valence-corrected chi connectivity index (χ0v) is 8.72. The summed E-state index contributed by atoms with van der Waals surface area (Å²) in [5.74, 6) is 0.160. The van der Waals surface area contributed by atoms with Gasteiger partial charge in [0, 0.05) is 12.8 Å². The van der Waals surface area contributed by atoms with Crippen molar-refractivity contribution in [3.8, 4) is 0 Å². The van der Waals surface area contributed by atoms with Gasteiger partial charge in [-0.15, -0.1) is 0 Å². The van der Waals surface area contributed by atoms with Gasteiger partial charge in [0.1, 0.15) is 5.78 Å². The third-order valence-electron chi connectivity index (χ3n) is 1.80. The van der Waals surface area contributed by atoms with Crippen LogP contribution in [0.25, 0.3) is 0 Å². The molecular weight excluding hydrogens is 164 g/mol. The summed E-state index contributed by atoms with van der Waals surface area (Å²) < 4.78 is 0. The van der Waals surface area contributed by atoms with Crippen molar-refractivity contribution in [3.05, 3.63) is 11.6 Å². The van der Waals surface area contributed by atoms with Gasteiger partial charge in [0.25, 0.3) is 0 Å². The highest BCUT2D eigenvalue weighted by Gasteiger charge is 2.08. The molecule has 0 aromatic heterocycles. The molecule has 0 atom stereocenters.